The highest BCUT2D eigenvalue weighted by molar-refractivity contribution is 5.89. The summed E-state index contributed by atoms with van der Waals surface area (Å²) in [6.45, 7) is 2.28. The SMILES string of the molecule is CCOc1ccccc1Oc1coc2cc(OC(=O)/C=C/c3cccc([N+](=O)[O-])c3)ccc2c1=O. The van der Waals surface area contributed by atoms with Crippen molar-refractivity contribution in [2.24, 2.45) is 0 Å². The van der Waals surface area contributed by atoms with E-state index in [-0.39, 0.29) is 28.2 Å². The van der Waals surface area contributed by atoms with Crippen LogP contribution < -0.4 is 19.6 Å². The number of carbonyl (C=O) groups is 1. The molecule has 0 N–H and O–H groups in total. The van der Waals surface area contributed by atoms with Crippen LogP contribution in [-0.4, -0.2) is 17.5 Å². The second kappa shape index (κ2) is 10.3. The van der Waals surface area contributed by atoms with Gasteiger partial charge in [0.25, 0.3) is 5.69 Å². The van der Waals surface area contributed by atoms with Crippen LogP contribution in [0, 0.1) is 10.1 Å². The quantitative estimate of drug-likeness (QED) is 0.108. The first-order valence-electron chi connectivity index (χ1n) is 10.5. The number of hydrogen-bond acceptors (Lipinski definition) is 8. The number of non-ortho nitro benzene ring substituents is 1. The molecule has 0 saturated carbocycles. The minimum absolute atomic E-state index is 0.0192. The Morgan fingerprint density at radius 3 is 2.60 bits per heavy atom. The zero-order valence-electron chi connectivity index (χ0n) is 18.5. The molecule has 0 aliphatic carbocycles. The number of nitro benzene ring substituents is 1. The first-order chi connectivity index (χ1) is 16.9. The molecule has 0 bridgehead atoms. The number of nitrogens with zero attached hydrogens (tertiary/aromatic N) is 1. The summed E-state index contributed by atoms with van der Waals surface area (Å²) in [6.07, 6.45) is 3.73. The van der Waals surface area contributed by atoms with E-state index in [1.54, 1.807) is 30.3 Å². The van der Waals surface area contributed by atoms with Crippen molar-refractivity contribution in [2.75, 3.05) is 6.61 Å². The van der Waals surface area contributed by atoms with Crippen molar-refractivity contribution in [3.8, 4) is 23.0 Å². The van der Waals surface area contributed by atoms with Crippen LogP contribution in [0.4, 0.5) is 5.69 Å². The number of para-hydroxylation sites is 2. The lowest BCUT2D eigenvalue weighted by Gasteiger charge is -2.11. The van der Waals surface area contributed by atoms with Gasteiger partial charge in [0.05, 0.1) is 16.9 Å². The molecular formula is C26H19NO8. The Kier molecular flexibility index (Phi) is 6.87. The summed E-state index contributed by atoms with van der Waals surface area (Å²) in [5.74, 6) is 0.307. The Labute approximate surface area is 198 Å². The Morgan fingerprint density at radius 1 is 1.03 bits per heavy atom. The summed E-state index contributed by atoms with van der Waals surface area (Å²) in [5, 5.41) is 11.1. The number of fused-ring (bicyclic) bond motifs is 1. The highest BCUT2D eigenvalue weighted by Crippen LogP contribution is 2.31. The fraction of sp³-hybridized carbons (Fsp3) is 0.0769. The molecule has 9 heteroatoms. The van der Waals surface area contributed by atoms with Gasteiger partial charge in [-0.15, -0.1) is 0 Å². The fourth-order valence-corrected chi connectivity index (χ4v) is 3.21. The maximum absolute atomic E-state index is 12.9. The van der Waals surface area contributed by atoms with Crippen LogP contribution in [0.1, 0.15) is 12.5 Å². The molecule has 3 aromatic carbocycles. The number of ether oxygens (including phenoxy) is 3. The molecule has 0 fully saturated rings. The van der Waals surface area contributed by atoms with E-state index in [1.807, 2.05) is 6.92 Å². The predicted molar refractivity (Wildman–Crippen MR) is 128 cm³/mol. The third-order valence-electron chi connectivity index (χ3n) is 4.79. The van der Waals surface area contributed by atoms with Crippen LogP contribution in [-0.2, 0) is 4.79 Å². The second-order valence-electron chi connectivity index (χ2n) is 7.18. The van der Waals surface area contributed by atoms with E-state index in [9.17, 15) is 19.7 Å². The van der Waals surface area contributed by atoms with E-state index in [1.165, 1.54) is 48.7 Å². The van der Waals surface area contributed by atoms with Gasteiger partial charge >= 0.3 is 5.97 Å². The molecule has 9 nitrogen and oxygen atoms in total. The molecule has 1 aromatic heterocycles. The van der Waals surface area contributed by atoms with Gasteiger partial charge in [0.2, 0.25) is 11.2 Å². The van der Waals surface area contributed by atoms with Gasteiger partial charge in [0.15, 0.2) is 11.5 Å². The van der Waals surface area contributed by atoms with E-state index < -0.39 is 16.3 Å². The number of carbonyl (C=O) groups excluding carboxylic acids is 1. The molecule has 0 aliphatic rings. The average molecular weight is 473 g/mol. The smallest absolute Gasteiger partial charge is 0.336 e. The lowest BCUT2D eigenvalue weighted by molar-refractivity contribution is -0.384. The van der Waals surface area contributed by atoms with Crippen LogP contribution in [0.25, 0.3) is 17.0 Å². The van der Waals surface area contributed by atoms with Crippen LogP contribution in [0.2, 0.25) is 0 Å². The zero-order chi connectivity index (χ0) is 24.8. The van der Waals surface area contributed by atoms with E-state index in [0.29, 0.717) is 23.7 Å². The number of hydrogen-bond donors (Lipinski definition) is 0. The lowest BCUT2D eigenvalue weighted by Crippen LogP contribution is -2.07. The zero-order valence-corrected chi connectivity index (χ0v) is 18.5. The first kappa shape index (κ1) is 23.2. The van der Waals surface area contributed by atoms with Gasteiger partial charge in [-0.25, -0.2) is 4.79 Å². The summed E-state index contributed by atoms with van der Waals surface area (Å²) in [7, 11) is 0. The number of nitro groups is 1. The predicted octanol–water partition coefficient (Wildman–Crippen LogP) is 5.51. The Morgan fingerprint density at radius 2 is 1.83 bits per heavy atom. The van der Waals surface area contributed by atoms with E-state index in [0.717, 1.165) is 6.08 Å². The van der Waals surface area contributed by atoms with Gasteiger partial charge in [-0.3, -0.25) is 14.9 Å². The van der Waals surface area contributed by atoms with E-state index in [4.69, 9.17) is 18.6 Å². The molecule has 0 spiro atoms. The van der Waals surface area contributed by atoms with Crippen LogP contribution in [0.5, 0.6) is 23.0 Å². The molecule has 176 valence electrons. The molecule has 0 unspecified atom stereocenters. The second-order valence-corrected chi connectivity index (χ2v) is 7.18. The minimum atomic E-state index is -0.703. The highest BCUT2D eigenvalue weighted by Gasteiger charge is 2.13. The van der Waals surface area contributed by atoms with Gasteiger partial charge in [0.1, 0.15) is 17.6 Å². The van der Waals surface area contributed by atoms with Crippen molar-refractivity contribution in [3.05, 3.63) is 105 Å². The van der Waals surface area contributed by atoms with Crippen molar-refractivity contribution >= 4 is 28.7 Å². The lowest BCUT2D eigenvalue weighted by atomic mass is 10.2. The van der Waals surface area contributed by atoms with Crippen molar-refractivity contribution in [1.29, 1.82) is 0 Å². The van der Waals surface area contributed by atoms with Crippen molar-refractivity contribution in [1.82, 2.24) is 0 Å². The summed E-state index contributed by atoms with van der Waals surface area (Å²) in [4.78, 5) is 35.4. The highest BCUT2D eigenvalue weighted by atomic mass is 16.6. The van der Waals surface area contributed by atoms with Crippen LogP contribution in [0.15, 0.2) is 88.3 Å². The molecule has 0 radical (unpaired) electrons. The minimum Gasteiger partial charge on any atom is -0.490 e. The van der Waals surface area contributed by atoms with Gasteiger partial charge in [-0.1, -0.05) is 24.3 Å². The molecule has 0 atom stereocenters. The Hall–Kier alpha value is -4.92. The third kappa shape index (κ3) is 5.53. The van der Waals surface area contributed by atoms with Crippen LogP contribution in [0.3, 0.4) is 0 Å². The molecule has 4 aromatic rings. The largest absolute Gasteiger partial charge is 0.490 e. The molecule has 1 heterocycles. The normalized spacial score (nSPS) is 10.9. The number of esters is 1. The summed E-state index contributed by atoms with van der Waals surface area (Å²) in [6, 6.07) is 17.1. The van der Waals surface area contributed by atoms with Crippen molar-refractivity contribution < 1.29 is 28.3 Å². The maximum atomic E-state index is 12.9. The Bertz CT molecular complexity index is 1490. The molecule has 4 rings (SSSR count). The first-order valence-corrected chi connectivity index (χ1v) is 10.5. The summed E-state index contributed by atoms with van der Waals surface area (Å²) >= 11 is 0. The Balaban J connectivity index is 1.50. The third-order valence-corrected chi connectivity index (χ3v) is 4.79. The van der Waals surface area contributed by atoms with Crippen molar-refractivity contribution in [2.45, 2.75) is 6.92 Å². The maximum Gasteiger partial charge on any atom is 0.336 e. The fourth-order valence-electron chi connectivity index (χ4n) is 3.21. The number of rotatable bonds is 8. The molecule has 0 saturated heterocycles. The van der Waals surface area contributed by atoms with Gasteiger partial charge in [-0.05, 0) is 42.8 Å². The van der Waals surface area contributed by atoms with E-state index in [2.05, 4.69) is 0 Å². The molecule has 0 amide bonds. The van der Waals surface area contributed by atoms with Gasteiger partial charge in [0, 0.05) is 24.3 Å². The van der Waals surface area contributed by atoms with Crippen molar-refractivity contribution in [3.63, 3.8) is 0 Å². The van der Waals surface area contributed by atoms with E-state index >= 15 is 0 Å². The summed E-state index contributed by atoms with van der Waals surface area (Å²) in [5.41, 5.74) is 0.184. The summed E-state index contributed by atoms with van der Waals surface area (Å²) < 4.78 is 22.0. The van der Waals surface area contributed by atoms with Gasteiger partial charge < -0.3 is 18.6 Å². The molecule has 0 aliphatic heterocycles. The average Bonchev–Trinajstić information content (AvgIpc) is 2.86. The standard InChI is InChI=1S/C26H19NO8/c1-2-32-21-8-3-4-9-22(21)35-24-16-33-23-15-19(11-12-20(23)26(24)29)34-25(28)13-10-17-6-5-7-18(14-17)27(30)31/h3-16H,2H2,1H3/b13-10+. The van der Waals surface area contributed by atoms with Crippen LogP contribution >= 0.6 is 0 Å². The molecule has 35 heavy (non-hydrogen) atoms. The number of benzene rings is 3. The van der Waals surface area contributed by atoms with Gasteiger partial charge in [-0.2, -0.15) is 0 Å². The monoisotopic (exact) mass is 473 g/mol. The molecular weight excluding hydrogens is 454 g/mol. The topological polar surface area (TPSA) is 118 Å².